The smallest absolute Gasteiger partial charge is 0.334 e. The third-order valence-electron chi connectivity index (χ3n) is 3.68. The van der Waals surface area contributed by atoms with Gasteiger partial charge >= 0.3 is 6.03 Å². The molecule has 0 heterocycles. The Hall–Kier alpha value is -2.70. The van der Waals surface area contributed by atoms with Crippen molar-refractivity contribution >= 4 is 24.0 Å². The van der Waals surface area contributed by atoms with Crippen LogP contribution >= 0.6 is 0 Å². The summed E-state index contributed by atoms with van der Waals surface area (Å²) in [7, 11) is 0. The monoisotopic (exact) mass is 316 g/mol. The highest BCUT2D eigenvalue weighted by Crippen LogP contribution is 2.18. The molecule has 2 N–H and O–H groups in total. The fourth-order valence-corrected chi connectivity index (χ4v) is 2.54. The molecule has 0 atom stereocenters. The minimum atomic E-state index is -0.438. The molecular weight excluding hydrogens is 296 g/mol. The largest absolute Gasteiger partial charge is 0.335 e. The first-order valence-electron chi connectivity index (χ1n) is 7.66. The van der Waals surface area contributed by atoms with Gasteiger partial charge in [0, 0.05) is 18.3 Å². The number of nitrogens with one attached hydrogen (secondary N) is 2. The number of para-hydroxylation sites is 1. The van der Waals surface area contributed by atoms with E-state index >= 15 is 0 Å². The Labute approximate surface area is 134 Å². The SMILES string of the molecule is O=C(NN=CC=Cc1ccccc1[N+](=O)[O-])NC1CCCCC1. The van der Waals surface area contributed by atoms with Crippen molar-refractivity contribution < 1.29 is 9.72 Å². The molecule has 0 unspecified atom stereocenters. The van der Waals surface area contributed by atoms with E-state index in [9.17, 15) is 14.9 Å². The molecular formula is C16H20N4O3. The van der Waals surface area contributed by atoms with E-state index in [1.54, 1.807) is 30.4 Å². The molecule has 0 aromatic heterocycles. The molecule has 0 spiro atoms. The number of hydrogen-bond acceptors (Lipinski definition) is 4. The van der Waals surface area contributed by atoms with Crippen LogP contribution in [-0.2, 0) is 0 Å². The topological polar surface area (TPSA) is 96.6 Å². The van der Waals surface area contributed by atoms with Crippen molar-refractivity contribution in [2.24, 2.45) is 5.10 Å². The van der Waals surface area contributed by atoms with Gasteiger partial charge in [0.05, 0.1) is 10.5 Å². The Morgan fingerprint density at radius 1 is 1.26 bits per heavy atom. The second-order valence-electron chi connectivity index (χ2n) is 5.37. The first kappa shape index (κ1) is 16.7. The summed E-state index contributed by atoms with van der Waals surface area (Å²) in [6.07, 6.45) is 10.0. The minimum Gasteiger partial charge on any atom is -0.334 e. The van der Waals surface area contributed by atoms with Gasteiger partial charge in [0.1, 0.15) is 0 Å². The number of amides is 2. The number of benzene rings is 1. The Morgan fingerprint density at radius 3 is 2.74 bits per heavy atom. The molecule has 2 amide bonds. The molecule has 0 saturated heterocycles. The van der Waals surface area contributed by atoms with Gasteiger partial charge in [-0.05, 0) is 31.1 Å². The van der Waals surface area contributed by atoms with Crippen LogP contribution in [0.2, 0.25) is 0 Å². The van der Waals surface area contributed by atoms with E-state index in [1.807, 2.05) is 0 Å². The van der Waals surface area contributed by atoms with Gasteiger partial charge in [0.25, 0.3) is 5.69 Å². The van der Waals surface area contributed by atoms with Crippen molar-refractivity contribution in [2.75, 3.05) is 0 Å². The first-order chi connectivity index (χ1) is 11.2. The molecule has 1 aromatic carbocycles. The van der Waals surface area contributed by atoms with Gasteiger partial charge < -0.3 is 5.32 Å². The lowest BCUT2D eigenvalue weighted by molar-refractivity contribution is -0.385. The molecule has 122 valence electrons. The van der Waals surface area contributed by atoms with Gasteiger partial charge in [-0.1, -0.05) is 31.4 Å². The standard InChI is InChI=1S/C16H20N4O3/c21-16(18-14-9-2-1-3-10-14)19-17-12-6-8-13-7-4-5-11-15(13)20(22)23/h4-8,11-12,14H,1-3,9-10H2,(H2,18,19,21). The molecule has 1 aliphatic carbocycles. The third-order valence-corrected chi connectivity index (χ3v) is 3.68. The second kappa shape index (κ2) is 8.67. The minimum absolute atomic E-state index is 0.0279. The third kappa shape index (κ3) is 5.54. The van der Waals surface area contributed by atoms with Crippen molar-refractivity contribution in [3.63, 3.8) is 0 Å². The molecule has 1 saturated carbocycles. The van der Waals surface area contributed by atoms with Crippen molar-refractivity contribution in [3.05, 3.63) is 46.0 Å². The maximum Gasteiger partial charge on any atom is 0.335 e. The number of nitro groups is 1. The normalized spacial score (nSPS) is 15.8. The maximum atomic E-state index is 11.6. The van der Waals surface area contributed by atoms with E-state index in [1.165, 1.54) is 18.7 Å². The molecule has 2 rings (SSSR count). The van der Waals surface area contributed by atoms with E-state index in [0.717, 1.165) is 25.7 Å². The van der Waals surface area contributed by atoms with Crippen LogP contribution in [0.4, 0.5) is 10.5 Å². The Balaban J connectivity index is 1.80. The van der Waals surface area contributed by atoms with Crippen LogP contribution in [-0.4, -0.2) is 23.2 Å². The van der Waals surface area contributed by atoms with E-state index < -0.39 is 4.92 Å². The van der Waals surface area contributed by atoms with Crippen molar-refractivity contribution in [1.82, 2.24) is 10.7 Å². The summed E-state index contributed by atoms with van der Waals surface area (Å²) >= 11 is 0. The lowest BCUT2D eigenvalue weighted by Gasteiger charge is -2.22. The summed E-state index contributed by atoms with van der Waals surface area (Å²) in [6.45, 7) is 0. The highest BCUT2D eigenvalue weighted by atomic mass is 16.6. The zero-order chi connectivity index (χ0) is 16.5. The lowest BCUT2D eigenvalue weighted by atomic mass is 9.96. The van der Waals surface area contributed by atoms with Crippen LogP contribution < -0.4 is 10.7 Å². The van der Waals surface area contributed by atoms with Gasteiger partial charge in [-0.15, -0.1) is 0 Å². The molecule has 0 bridgehead atoms. The van der Waals surface area contributed by atoms with E-state index in [2.05, 4.69) is 15.8 Å². The summed E-state index contributed by atoms with van der Waals surface area (Å²) in [6, 6.07) is 6.31. The Morgan fingerprint density at radius 2 is 2.00 bits per heavy atom. The van der Waals surface area contributed by atoms with Gasteiger partial charge in [0.2, 0.25) is 0 Å². The van der Waals surface area contributed by atoms with E-state index in [-0.39, 0.29) is 17.8 Å². The average molecular weight is 316 g/mol. The molecule has 0 aliphatic heterocycles. The zero-order valence-corrected chi connectivity index (χ0v) is 12.8. The quantitative estimate of drug-likeness (QED) is 0.496. The number of rotatable bonds is 5. The van der Waals surface area contributed by atoms with Crippen molar-refractivity contribution in [1.29, 1.82) is 0 Å². The summed E-state index contributed by atoms with van der Waals surface area (Å²) in [5.41, 5.74) is 2.90. The van der Waals surface area contributed by atoms with Gasteiger partial charge in [-0.3, -0.25) is 10.1 Å². The average Bonchev–Trinajstić information content (AvgIpc) is 2.55. The summed E-state index contributed by atoms with van der Waals surface area (Å²) < 4.78 is 0. The Bertz CT molecular complexity index is 607. The molecule has 0 radical (unpaired) electrons. The number of carbonyl (C=O) groups excluding carboxylic acids is 1. The van der Waals surface area contributed by atoms with Crippen molar-refractivity contribution in [2.45, 2.75) is 38.1 Å². The number of carbonyl (C=O) groups is 1. The first-order valence-corrected chi connectivity index (χ1v) is 7.66. The highest BCUT2D eigenvalue weighted by Gasteiger charge is 2.14. The van der Waals surface area contributed by atoms with Crippen LogP contribution in [0.15, 0.2) is 35.4 Å². The van der Waals surface area contributed by atoms with E-state index in [0.29, 0.717) is 5.56 Å². The van der Waals surface area contributed by atoms with Crippen LogP contribution in [0.3, 0.4) is 0 Å². The summed E-state index contributed by atoms with van der Waals surface area (Å²) in [4.78, 5) is 22.1. The van der Waals surface area contributed by atoms with Crippen LogP contribution in [0, 0.1) is 10.1 Å². The summed E-state index contributed by atoms with van der Waals surface area (Å²) in [5.74, 6) is 0. The maximum absolute atomic E-state index is 11.6. The molecule has 1 aromatic rings. The molecule has 23 heavy (non-hydrogen) atoms. The van der Waals surface area contributed by atoms with Gasteiger partial charge in [0.15, 0.2) is 0 Å². The molecule has 7 nitrogen and oxygen atoms in total. The van der Waals surface area contributed by atoms with Crippen molar-refractivity contribution in [3.8, 4) is 0 Å². The molecule has 7 heteroatoms. The summed E-state index contributed by atoms with van der Waals surface area (Å²) in [5, 5.41) is 17.5. The second-order valence-corrected chi connectivity index (χ2v) is 5.37. The Kier molecular flexibility index (Phi) is 6.28. The van der Waals surface area contributed by atoms with Crippen LogP contribution in [0.5, 0.6) is 0 Å². The number of hydrazone groups is 1. The van der Waals surface area contributed by atoms with Crippen LogP contribution in [0.25, 0.3) is 6.08 Å². The predicted octanol–water partition coefficient (Wildman–Crippen LogP) is 3.23. The van der Waals surface area contributed by atoms with Crippen LogP contribution in [0.1, 0.15) is 37.7 Å². The number of nitrogens with zero attached hydrogens (tertiary/aromatic N) is 2. The molecule has 1 aliphatic rings. The number of hydrogen-bond donors (Lipinski definition) is 2. The number of urea groups is 1. The fraction of sp³-hybridized carbons (Fsp3) is 0.375. The molecule has 1 fully saturated rings. The lowest BCUT2D eigenvalue weighted by Crippen LogP contribution is -2.41. The number of nitro benzene ring substituents is 1. The van der Waals surface area contributed by atoms with Gasteiger partial charge in [-0.25, -0.2) is 10.2 Å². The zero-order valence-electron chi connectivity index (χ0n) is 12.8. The highest BCUT2D eigenvalue weighted by molar-refractivity contribution is 5.81. The fourth-order valence-electron chi connectivity index (χ4n) is 2.54. The number of allylic oxidation sites excluding steroid dienone is 1. The predicted molar refractivity (Wildman–Crippen MR) is 89.2 cm³/mol. The van der Waals surface area contributed by atoms with E-state index in [4.69, 9.17) is 0 Å². The van der Waals surface area contributed by atoms with Gasteiger partial charge in [-0.2, -0.15) is 5.10 Å².